The molecule has 0 saturated carbocycles. The van der Waals surface area contributed by atoms with Gasteiger partial charge in [0.05, 0.1) is 26.5 Å². The summed E-state index contributed by atoms with van der Waals surface area (Å²) in [5.41, 5.74) is 0.0638. The number of nitrogens with zero attached hydrogens (tertiary/aromatic N) is 1. The van der Waals surface area contributed by atoms with Crippen LogP contribution in [0.3, 0.4) is 0 Å². The van der Waals surface area contributed by atoms with Gasteiger partial charge in [0.25, 0.3) is 5.69 Å². The first-order valence-corrected chi connectivity index (χ1v) is 8.44. The molecule has 0 aliphatic carbocycles. The van der Waals surface area contributed by atoms with Gasteiger partial charge in [-0.2, -0.15) is 0 Å². The van der Waals surface area contributed by atoms with Crippen LogP contribution < -0.4 is 5.32 Å². The number of hydrogen-bond acceptors (Lipinski definition) is 5. The van der Waals surface area contributed by atoms with Gasteiger partial charge in [0, 0.05) is 12.6 Å². The van der Waals surface area contributed by atoms with Gasteiger partial charge in [0.15, 0.2) is 9.84 Å². The highest BCUT2D eigenvalue weighted by Crippen LogP contribution is 2.34. The quantitative estimate of drug-likeness (QED) is 0.673. The number of benzene rings is 1. The third-order valence-corrected chi connectivity index (χ3v) is 5.70. The van der Waals surface area contributed by atoms with E-state index in [9.17, 15) is 18.5 Å². The smallest absolute Gasteiger partial charge is 0.293 e. The van der Waals surface area contributed by atoms with E-state index >= 15 is 0 Å². The topological polar surface area (TPSA) is 89.3 Å². The van der Waals surface area contributed by atoms with Gasteiger partial charge < -0.3 is 5.32 Å². The normalized spacial score (nSPS) is 20.8. The van der Waals surface area contributed by atoms with Gasteiger partial charge in [-0.3, -0.25) is 10.1 Å². The number of sulfone groups is 1. The third-order valence-electron chi connectivity index (χ3n) is 3.14. The Morgan fingerprint density at radius 3 is 2.55 bits per heavy atom. The van der Waals surface area contributed by atoms with Crippen LogP contribution in [-0.4, -0.2) is 31.4 Å². The summed E-state index contributed by atoms with van der Waals surface area (Å²) in [5, 5.41) is 14.2. The fourth-order valence-corrected chi connectivity index (χ4v) is 4.30. The van der Waals surface area contributed by atoms with Gasteiger partial charge in [-0.05, 0) is 18.4 Å². The van der Waals surface area contributed by atoms with Gasteiger partial charge >= 0.3 is 0 Å². The predicted molar refractivity (Wildman–Crippen MR) is 78.4 cm³/mol. The van der Waals surface area contributed by atoms with E-state index in [4.69, 9.17) is 23.2 Å². The van der Waals surface area contributed by atoms with Crippen molar-refractivity contribution in [2.45, 2.75) is 6.42 Å². The fourth-order valence-electron chi connectivity index (χ4n) is 2.12. The van der Waals surface area contributed by atoms with Crippen molar-refractivity contribution in [2.24, 2.45) is 5.92 Å². The van der Waals surface area contributed by atoms with Crippen LogP contribution >= 0.6 is 23.2 Å². The summed E-state index contributed by atoms with van der Waals surface area (Å²) in [7, 11) is -2.96. The molecule has 1 saturated heterocycles. The summed E-state index contributed by atoms with van der Waals surface area (Å²) >= 11 is 11.6. The molecular weight excluding hydrogens is 327 g/mol. The van der Waals surface area contributed by atoms with E-state index in [0.717, 1.165) is 0 Å². The zero-order valence-electron chi connectivity index (χ0n) is 10.3. The van der Waals surface area contributed by atoms with Crippen LogP contribution in [0.15, 0.2) is 12.1 Å². The first kappa shape index (κ1) is 15.3. The molecule has 1 aromatic rings. The highest BCUT2D eigenvalue weighted by molar-refractivity contribution is 7.91. The van der Waals surface area contributed by atoms with E-state index in [-0.39, 0.29) is 38.8 Å². The average molecular weight is 339 g/mol. The minimum Gasteiger partial charge on any atom is -0.379 e. The first-order chi connectivity index (χ1) is 9.28. The molecule has 0 radical (unpaired) electrons. The van der Waals surface area contributed by atoms with E-state index < -0.39 is 14.8 Å². The summed E-state index contributed by atoms with van der Waals surface area (Å²) < 4.78 is 22.7. The highest BCUT2D eigenvalue weighted by atomic mass is 35.5. The molecule has 110 valence electrons. The Bertz CT molecular complexity index is 648. The molecule has 1 N–H and O–H groups in total. The number of rotatable bonds is 4. The molecule has 0 aromatic heterocycles. The van der Waals surface area contributed by atoms with Crippen molar-refractivity contribution in [3.05, 3.63) is 32.3 Å². The summed E-state index contributed by atoms with van der Waals surface area (Å²) in [6.07, 6.45) is 0.560. The number of halogens is 2. The standard InChI is InChI=1S/C11H12Cl2N2O4S/c12-8-3-10(11(15(16)17)4-9(8)13)14-5-7-1-2-20(18,19)6-7/h3-4,7,14H,1-2,5-6H2. The second kappa shape index (κ2) is 5.75. The maximum atomic E-state index is 11.4. The summed E-state index contributed by atoms with van der Waals surface area (Å²) in [6, 6.07) is 2.56. The lowest BCUT2D eigenvalue weighted by molar-refractivity contribution is -0.383. The molecule has 1 fully saturated rings. The van der Waals surface area contributed by atoms with Gasteiger partial charge in [-0.15, -0.1) is 0 Å². The molecule has 0 bridgehead atoms. The number of nitrogens with one attached hydrogen (secondary N) is 1. The van der Waals surface area contributed by atoms with Crippen molar-refractivity contribution in [3.8, 4) is 0 Å². The van der Waals surface area contributed by atoms with Crippen molar-refractivity contribution in [2.75, 3.05) is 23.4 Å². The Morgan fingerprint density at radius 1 is 1.35 bits per heavy atom. The molecule has 6 nitrogen and oxygen atoms in total. The van der Waals surface area contributed by atoms with E-state index in [1.54, 1.807) is 0 Å². The van der Waals surface area contributed by atoms with Crippen LogP contribution in [0.2, 0.25) is 10.0 Å². The monoisotopic (exact) mass is 338 g/mol. The van der Waals surface area contributed by atoms with Crippen molar-refractivity contribution < 1.29 is 13.3 Å². The molecule has 1 aromatic carbocycles. The maximum Gasteiger partial charge on any atom is 0.293 e. The molecule has 1 aliphatic heterocycles. The number of anilines is 1. The molecule has 1 heterocycles. The second-order valence-electron chi connectivity index (χ2n) is 4.69. The molecule has 20 heavy (non-hydrogen) atoms. The van der Waals surface area contributed by atoms with Gasteiger partial charge in [0.2, 0.25) is 0 Å². The van der Waals surface area contributed by atoms with Gasteiger partial charge in [0.1, 0.15) is 5.69 Å². The van der Waals surface area contributed by atoms with Crippen LogP contribution in [-0.2, 0) is 9.84 Å². The fraction of sp³-hybridized carbons (Fsp3) is 0.455. The Morgan fingerprint density at radius 2 is 2.00 bits per heavy atom. The predicted octanol–water partition coefficient (Wildman–Crippen LogP) is 2.75. The lowest BCUT2D eigenvalue weighted by Gasteiger charge is -2.11. The third kappa shape index (κ3) is 3.53. The molecule has 2 rings (SSSR count). The molecule has 1 aliphatic rings. The Kier molecular flexibility index (Phi) is 4.41. The molecular formula is C11H12Cl2N2O4S. The molecule has 1 unspecified atom stereocenters. The van der Waals surface area contributed by atoms with Crippen LogP contribution in [0, 0.1) is 16.0 Å². The number of hydrogen-bond donors (Lipinski definition) is 1. The second-order valence-corrected chi connectivity index (χ2v) is 7.73. The van der Waals surface area contributed by atoms with Gasteiger partial charge in [-0.1, -0.05) is 23.2 Å². The van der Waals surface area contributed by atoms with Crippen LogP contribution in [0.4, 0.5) is 11.4 Å². The average Bonchev–Trinajstić information content (AvgIpc) is 2.69. The largest absolute Gasteiger partial charge is 0.379 e. The van der Waals surface area contributed by atoms with Crippen molar-refractivity contribution in [1.29, 1.82) is 0 Å². The Labute approximate surface area is 126 Å². The number of nitro benzene ring substituents is 1. The maximum absolute atomic E-state index is 11.4. The van der Waals surface area contributed by atoms with Gasteiger partial charge in [-0.25, -0.2) is 8.42 Å². The van der Waals surface area contributed by atoms with E-state index in [1.165, 1.54) is 12.1 Å². The van der Waals surface area contributed by atoms with Crippen LogP contribution in [0.25, 0.3) is 0 Å². The van der Waals surface area contributed by atoms with Crippen molar-refractivity contribution in [1.82, 2.24) is 0 Å². The summed E-state index contributed by atoms with van der Waals surface area (Å²) in [6.45, 7) is 0.345. The lowest BCUT2D eigenvalue weighted by atomic mass is 10.1. The van der Waals surface area contributed by atoms with E-state index in [0.29, 0.717) is 13.0 Å². The number of nitro groups is 1. The first-order valence-electron chi connectivity index (χ1n) is 5.86. The lowest BCUT2D eigenvalue weighted by Crippen LogP contribution is -2.16. The van der Waals surface area contributed by atoms with Crippen molar-refractivity contribution in [3.63, 3.8) is 0 Å². The molecule has 9 heteroatoms. The van der Waals surface area contributed by atoms with Crippen LogP contribution in [0.1, 0.15) is 6.42 Å². The highest BCUT2D eigenvalue weighted by Gasteiger charge is 2.28. The molecule has 0 amide bonds. The minimum atomic E-state index is -2.96. The summed E-state index contributed by atoms with van der Waals surface area (Å²) in [4.78, 5) is 10.4. The SMILES string of the molecule is O=[N+]([O-])c1cc(Cl)c(Cl)cc1NCC1CCS(=O)(=O)C1. The van der Waals surface area contributed by atoms with Crippen molar-refractivity contribution >= 4 is 44.4 Å². The zero-order valence-corrected chi connectivity index (χ0v) is 12.6. The molecule has 0 spiro atoms. The minimum absolute atomic E-state index is 0.0472. The van der Waals surface area contributed by atoms with E-state index in [1.807, 2.05) is 0 Å². The van der Waals surface area contributed by atoms with Crippen LogP contribution in [0.5, 0.6) is 0 Å². The Hall–Kier alpha value is -1.05. The summed E-state index contributed by atoms with van der Waals surface area (Å²) in [5.74, 6) is 0.229. The molecule has 1 atom stereocenters. The van der Waals surface area contributed by atoms with E-state index in [2.05, 4.69) is 5.32 Å². The zero-order chi connectivity index (χ0) is 14.9. The Balaban J connectivity index is 2.13.